The zero-order valence-electron chi connectivity index (χ0n) is 8.90. The first kappa shape index (κ1) is 13.6. The maximum absolute atomic E-state index is 11.7. The minimum Gasteiger partial charge on any atom is -0.305 e. The Balaban J connectivity index is 2.54. The number of amides is 1. The summed E-state index contributed by atoms with van der Waals surface area (Å²) >= 11 is 14.9. The van der Waals surface area contributed by atoms with E-state index in [0.29, 0.717) is 4.47 Å². The first-order valence-electron chi connectivity index (χ1n) is 4.98. The normalized spacial score (nSPS) is 19.4. The van der Waals surface area contributed by atoms with Gasteiger partial charge in [0.05, 0.1) is 10.3 Å². The standard InChI is InChI=1S/C10H7BrCl2N2O3/c11-6-1-2-7(10(9(6)13)15(17)18)14-4-5(12)3-8(14)16/h1-2,5H,3-4H2. The lowest BCUT2D eigenvalue weighted by Crippen LogP contribution is -2.25. The molecule has 1 aliphatic heterocycles. The monoisotopic (exact) mass is 352 g/mol. The molecule has 8 heteroatoms. The third-order valence-corrected chi connectivity index (χ3v) is 4.16. The molecule has 1 aliphatic rings. The van der Waals surface area contributed by atoms with E-state index in [1.54, 1.807) is 6.07 Å². The highest BCUT2D eigenvalue weighted by Gasteiger charge is 2.34. The van der Waals surface area contributed by atoms with Gasteiger partial charge >= 0.3 is 5.69 Å². The fraction of sp³-hybridized carbons (Fsp3) is 0.300. The van der Waals surface area contributed by atoms with E-state index in [0.717, 1.165) is 0 Å². The molecule has 18 heavy (non-hydrogen) atoms. The van der Waals surface area contributed by atoms with Crippen molar-refractivity contribution in [2.24, 2.45) is 0 Å². The quantitative estimate of drug-likeness (QED) is 0.465. The van der Waals surface area contributed by atoms with Gasteiger partial charge in [-0.1, -0.05) is 11.6 Å². The number of hydrogen-bond donors (Lipinski definition) is 0. The van der Waals surface area contributed by atoms with E-state index in [1.807, 2.05) is 0 Å². The zero-order valence-corrected chi connectivity index (χ0v) is 12.0. The Morgan fingerprint density at radius 3 is 2.67 bits per heavy atom. The van der Waals surface area contributed by atoms with E-state index >= 15 is 0 Å². The van der Waals surface area contributed by atoms with Gasteiger partial charge in [-0.15, -0.1) is 11.6 Å². The summed E-state index contributed by atoms with van der Waals surface area (Å²) in [5.41, 5.74) is -0.105. The van der Waals surface area contributed by atoms with Gasteiger partial charge in [0.2, 0.25) is 5.91 Å². The van der Waals surface area contributed by atoms with Gasteiger partial charge < -0.3 is 4.90 Å². The van der Waals surface area contributed by atoms with Gasteiger partial charge in [0.25, 0.3) is 0 Å². The van der Waals surface area contributed by atoms with Crippen LogP contribution in [0.3, 0.4) is 0 Å². The second-order valence-electron chi connectivity index (χ2n) is 3.79. The summed E-state index contributed by atoms with van der Waals surface area (Å²) < 4.78 is 0.411. The van der Waals surface area contributed by atoms with Crippen molar-refractivity contribution < 1.29 is 9.72 Å². The third kappa shape index (κ3) is 2.32. The van der Waals surface area contributed by atoms with E-state index < -0.39 is 4.92 Å². The summed E-state index contributed by atoms with van der Waals surface area (Å²) in [6.07, 6.45) is 0.173. The van der Waals surface area contributed by atoms with Crippen LogP contribution in [0.1, 0.15) is 6.42 Å². The topological polar surface area (TPSA) is 63.5 Å². The number of carbonyl (C=O) groups excluding carboxylic acids is 1. The SMILES string of the molecule is O=C1CC(Cl)CN1c1ccc(Br)c(Cl)c1[N+](=O)[O-]. The predicted octanol–water partition coefficient (Wildman–Crippen LogP) is 3.35. The molecule has 0 aromatic heterocycles. The molecule has 0 spiro atoms. The Morgan fingerprint density at radius 1 is 1.50 bits per heavy atom. The lowest BCUT2D eigenvalue weighted by Gasteiger charge is -2.16. The van der Waals surface area contributed by atoms with Crippen LogP contribution in [0.25, 0.3) is 0 Å². The Hall–Kier alpha value is -0.850. The Morgan fingerprint density at radius 2 is 2.17 bits per heavy atom. The molecule has 2 rings (SSSR count). The second-order valence-corrected chi connectivity index (χ2v) is 5.64. The van der Waals surface area contributed by atoms with Crippen LogP contribution in [0.4, 0.5) is 11.4 Å². The van der Waals surface area contributed by atoms with Crippen LogP contribution in [-0.4, -0.2) is 22.8 Å². The molecule has 1 atom stereocenters. The second kappa shape index (κ2) is 5.03. The van der Waals surface area contributed by atoms with Crippen LogP contribution >= 0.6 is 39.1 Å². The number of carbonyl (C=O) groups is 1. The van der Waals surface area contributed by atoms with E-state index in [9.17, 15) is 14.9 Å². The van der Waals surface area contributed by atoms with Crippen molar-refractivity contribution in [3.63, 3.8) is 0 Å². The minimum absolute atomic E-state index is 0.0247. The molecule has 1 fully saturated rings. The number of anilines is 1. The van der Waals surface area contributed by atoms with E-state index in [1.165, 1.54) is 11.0 Å². The van der Waals surface area contributed by atoms with Crippen molar-refractivity contribution in [3.8, 4) is 0 Å². The van der Waals surface area contributed by atoms with Crippen molar-refractivity contribution >= 4 is 56.4 Å². The highest BCUT2D eigenvalue weighted by Crippen LogP contribution is 2.41. The van der Waals surface area contributed by atoms with Crippen LogP contribution in [0.5, 0.6) is 0 Å². The number of nitrogens with zero attached hydrogens (tertiary/aromatic N) is 2. The van der Waals surface area contributed by atoms with Gasteiger partial charge in [-0.05, 0) is 28.1 Å². The lowest BCUT2D eigenvalue weighted by atomic mass is 10.2. The fourth-order valence-corrected chi connectivity index (χ4v) is 2.64. The van der Waals surface area contributed by atoms with E-state index in [-0.39, 0.29) is 40.6 Å². The van der Waals surface area contributed by atoms with Crippen molar-refractivity contribution in [2.75, 3.05) is 11.4 Å². The number of hydrogen-bond acceptors (Lipinski definition) is 3. The van der Waals surface area contributed by atoms with Gasteiger partial charge in [0.15, 0.2) is 0 Å². The molecule has 5 nitrogen and oxygen atoms in total. The molecule has 0 aliphatic carbocycles. The van der Waals surface area contributed by atoms with E-state index in [4.69, 9.17) is 23.2 Å². The zero-order chi connectivity index (χ0) is 13.4. The number of nitro benzene ring substituents is 1. The molecule has 0 saturated carbocycles. The molecular weight excluding hydrogens is 347 g/mol. The molecule has 0 radical (unpaired) electrons. The van der Waals surface area contributed by atoms with Crippen LogP contribution in [0.15, 0.2) is 16.6 Å². The highest BCUT2D eigenvalue weighted by molar-refractivity contribution is 9.10. The summed E-state index contributed by atoms with van der Waals surface area (Å²) in [5, 5.41) is 10.7. The number of nitro groups is 1. The Labute approximate surface area is 121 Å². The molecule has 96 valence electrons. The molecule has 1 unspecified atom stereocenters. The Kier molecular flexibility index (Phi) is 3.79. The number of rotatable bonds is 2. The molecule has 0 N–H and O–H groups in total. The van der Waals surface area contributed by atoms with Gasteiger partial charge in [0.1, 0.15) is 10.7 Å². The van der Waals surface area contributed by atoms with Crippen molar-refractivity contribution in [1.29, 1.82) is 0 Å². The van der Waals surface area contributed by atoms with Crippen molar-refractivity contribution in [1.82, 2.24) is 0 Å². The number of benzene rings is 1. The van der Waals surface area contributed by atoms with Gasteiger partial charge in [-0.3, -0.25) is 14.9 Å². The van der Waals surface area contributed by atoms with E-state index in [2.05, 4.69) is 15.9 Å². The minimum atomic E-state index is -0.600. The van der Waals surface area contributed by atoms with Gasteiger partial charge in [0, 0.05) is 17.4 Å². The number of alkyl halides is 1. The number of halogens is 3. The molecule has 1 aromatic carbocycles. The van der Waals surface area contributed by atoms with Crippen LogP contribution in [0.2, 0.25) is 5.02 Å². The molecule has 0 bridgehead atoms. The molecule has 1 amide bonds. The molecule has 1 aromatic rings. The Bertz CT molecular complexity index is 538. The average molecular weight is 354 g/mol. The predicted molar refractivity (Wildman–Crippen MR) is 72.4 cm³/mol. The summed E-state index contributed by atoms with van der Waals surface area (Å²) in [7, 11) is 0. The van der Waals surface area contributed by atoms with Crippen LogP contribution in [0, 0.1) is 10.1 Å². The lowest BCUT2D eigenvalue weighted by molar-refractivity contribution is -0.384. The van der Waals surface area contributed by atoms with Crippen molar-refractivity contribution in [2.45, 2.75) is 11.8 Å². The highest BCUT2D eigenvalue weighted by atomic mass is 79.9. The largest absolute Gasteiger partial charge is 0.312 e. The first-order valence-corrected chi connectivity index (χ1v) is 6.59. The summed E-state index contributed by atoms with van der Waals surface area (Å²) in [6, 6.07) is 3.06. The maximum Gasteiger partial charge on any atom is 0.312 e. The van der Waals surface area contributed by atoms with Gasteiger partial charge in [-0.25, -0.2) is 0 Å². The molecule has 1 heterocycles. The van der Waals surface area contributed by atoms with Crippen LogP contribution < -0.4 is 4.90 Å². The van der Waals surface area contributed by atoms with Crippen LogP contribution in [-0.2, 0) is 4.79 Å². The smallest absolute Gasteiger partial charge is 0.305 e. The fourth-order valence-electron chi connectivity index (χ4n) is 1.82. The summed E-state index contributed by atoms with van der Waals surface area (Å²) in [5.74, 6) is -0.239. The summed E-state index contributed by atoms with van der Waals surface area (Å²) in [4.78, 5) is 23.5. The first-order chi connectivity index (χ1) is 8.41. The average Bonchev–Trinajstić information content (AvgIpc) is 2.61. The van der Waals surface area contributed by atoms with Crippen molar-refractivity contribution in [3.05, 3.63) is 31.7 Å². The molecular formula is C10H7BrCl2N2O3. The third-order valence-electron chi connectivity index (χ3n) is 2.60. The summed E-state index contributed by atoms with van der Waals surface area (Å²) in [6.45, 7) is 0.249. The maximum atomic E-state index is 11.7. The molecule has 1 saturated heterocycles. The van der Waals surface area contributed by atoms with Gasteiger partial charge in [-0.2, -0.15) is 0 Å².